The van der Waals surface area contributed by atoms with E-state index in [1.54, 1.807) is 18.2 Å². The molecule has 0 aromatic heterocycles. The van der Waals surface area contributed by atoms with Gasteiger partial charge < -0.3 is 4.74 Å². The minimum Gasteiger partial charge on any atom is -0.488 e. The Morgan fingerprint density at radius 2 is 1.52 bits per heavy atom. The number of carbonyl (C=O) groups excluding carboxylic acids is 1. The zero-order valence-corrected chi connectivity index (χ0v) is 15.6. The molecule has 3 aromatic carbocycles. The van der Waals surface area contributed by atoms with Crippen LogP contribution < -0.4 is 4.74 Å². The van der Waals surface area contributed by atoms with Crippen molar-refractivity contribution < 1.29 is 22.7 Å². The van der Waals surface area contributed by atoms with Gasteiger partial charge in [-0.15, -0.1) is 0 Å². The molecule has 0 aliphatic rings. The predicted molar refractivity (Wildman–Crippen MR) is 105 cm³/mol. The molecule has 0 fully saturated rings. The third kappa shape index (κ3) is 5.49. The molecule has 0 atom stereocenters. The van der Waals surface area contributed by atoms with E-state index in [2.05, 4.69) is 11.8 Å². The van der Waals surface area contributed by atoms with Crippen molar-refractivity contribution in [1.82, 2.24) is 0 Å². The van der Waals surface area contributed by atoms with Crippen molar-refractivity contribution in [2.75, 3.05) is 0 Å². The van der Waals surface area contributed by atoms with E-state index in [0.717, 1.165) is 23.3 Å². The molecule has 0 saturated carbocycles. The summed E-state index contributed by atoms with van der Waals surface area (Å²) in [5, 5.41) is 0. The fraction of sp³-hybridized carbons (Fsp3) is 0.125. The molecule has 0 amide bonds. The van der Waals surface area contributed by atoms with Crippen molar-refractivity contribution in [2.45, 2.75) is 19.7 Å². The Labute approximate surface area is 167 Å². The number of ether oxygens (including phenoxy) is 1. The van der Waals surface area contributed by atoms with Gasteiger partial charge in [-0.25, -0.2) is 0 Å². The number of hydrogen-bond acceptors (Lipinski definition) is 2. The number of carbonyl (C=O) groups is 1. The van der Waals surface area contributed by atoms with Crippen LogP contribution in [-0.2, 0) is 12.8 Å². The van der Waals surface area contributed by atoms with Gasteiger partial charge in [-0.1, -0.05) is 41.7 Å². The van der Waals surface area contributed by atoms with Gasteiger partial charge in [0.15, 0.2) is 6.29 Å². The van der Waals surface area contributed by atoms with E-state index in [1.807, 2.05) is 31.2 Å². The first-order valence-corrected chi connectivity index (χ1v) is 8.82. The molecule has 0 saturated heterocycles. The van der Waals surface area contributed by atoms with Crippen molar-refractivity contribution >= 4 is 6.29 Å². The van der Waals surface area contributed by atoms with Gasteiger partial charge in [0.2, 0.25) is 0 Å². The highest BCUT2D eigenvalue weighted by molar-refractivity contribution is 5.79. The first-order chi connectivity index (χ1) is 13.8. The average molecular weight is 394 g/mol. The summed E-state index contributed by atoms with van der Waals surface area (Å²) in [4.78, 5) is 11.3. The maximum Gasteiger partial charge on any atom is 0.416 e. The van der Waals surface area contributed by atoms with Crippen molar-refractivity contribution in [3.8, 4) is 17.6 Å². The van der Waals surface area contributed by atoms with Crippen LogP contribution in [0.1, 0.15) is 38.2 Å². The van der Waals surface area contributed by atoms with Gasteiger partial charge in [0.25, 0.3) is 0 Å². The molecule has 0 bridgehead atoms. The Balaban J connectivity index is 1.75. The molecule has 2 nitrogen and oxygen atoms in total. The number of aldehydes is 1. The van der Waals surface area contributed by atoms with Gasteiger partial charge in [0.05, 0.1) is 11.1 Å². The number of halogens is 3. The second-order valence-electron chi connectivity index (χ2n) is 6.47. The molecule has 3 aromatic rings. The van der Waals surface area contributed by atoms with E-state index in [1.165, 1.54) is 12.1 Å². The van der Waals surface area contributed by atoms with Crippen LogP contribution in [0.3, 0.4) is 0 Å². The third-order valence-electron chi connectivity index (χ3n) is 4.22. The lowest BCUT2D eigenvalue weighted by molar-refractivity contribution is -0.137. The van der Waals surface area contributed by atoms with Crippen LogP contribution in [0.4, 0.5) is 13.2 Å². The van der Waals surface area contributed by atoms with Crippen LogP contribution >= 0.6 is 0 Å². The highest BCUT2D eigenvalue weighted by Crippen LogP contribution is 2.29. The monoisotopic (exact) mass is 394 g/mol. The molecule has 0 unspecified atom stereocenters. The summed E-state index contributed by atoms with van der Waals surface area (Å²) >= 11 is 0. The SMILES string of the molecule is Cc1ccc(C#Cc2ccc(C=O)c(OCc3ccc(C(F)(F)F)cc3)c2)cc1. The van der Waals surface area contributed by atoms with Crippen LogP contribution in [-0.4, -0.2) is 6.29 Å². The zero-order valence-electron chi connectivity index (χ0n) is 15.6. The van der Waals surface area contributed by atoms with E-state index in [0.29, 0.717) is 28.7 Å². The van der Waals surface area contributed by atoms with Crippen LogP contribution in [0, 0.1) is 18.8 Å². The van der Waals surface area contributed by atoms with E-state index in [9.17, 15) is 18.0 Å². The Morgan fingerprint density at radius 3 is 2.14 bits per heavy atom. The van der Waals surface area contributed by atoms with Crippen molar-refractivity contribution in [3.63, 3.8) is 0 Å². The molecule has 0 aliphatic carbocycles. The summed E-state index contributed by atoms with van der Waals surface area (Å²) in [5.41, 5.74) is 2.86. The quantitative estimate of drug-likeness (QED) is 0.413. The van der Waals surface area contributed by atoms with E-state index >= 15 is 0 Å². The molecular weight excluding hydrogens is 377 g/mol. The van der Waals surface area contributed by atoms with Gasteiger partial charge in [0.1, 0.15) is 12.4 Å². The van der Waals surface area contributed by atoms with Gasteiger partial charge in [0, 0.05) is 11.1 Å². The second-order valence-corrected chi connectivity index (χ2v) is 6.47. The topological polar surface area (TPSA) is 26.3 Å². The fourth-order valence-corrected chi connectivity index (χ4v) is 2.57. The summed E-state index contributed by atoms with van der Waals surface area (Å²) in [6, 6.07) is 17.5. The van der Waals surface area contributed by atoms with Crippen LogP contribution in [0.5, 0.6) is 5.75 Å². The first-order valence-electron chi connectivity index (χ1n) is 8.82. The van der Waals surface area contributed by atoms with Crippen molar-refractivity contribution in [3.05, 3.63) is 100 Å². The molecule has 0 spiro atoms. The van der Waals surface area contributed by atoms with Crippen molar-refractivity contribution in [2.24, 2.45) is 0 Å². The lowest BCUT2D eigenvalue weighted by Gasteiger charge is -2.10. The van der Waals surface area contributed by atoms with E-state index < -0.39 is 11.7 Å². The Bertz CT molecular complexity index is 1050. The molecule has 29 heavy (non-hydrogen) atoms. The normalized spacial score (nSPS) is 10.8. The number of aryl methyl sites for hydroxylation is 1. The Kier molecular flexibility index (Phi) is 6.04. The largest absolute Gasteiger partial charge is 0.488 e. The number of rotatable bonds is 4. The lowest BCUT2D eigenvalue weighted by Crippen LogP contribution is -2.05. The van der Waals surface area contributed by atoms with E-state index in [4.69, 9.17) is 4.74 Å². The van der Waals surface area contributed by atoms with Crippen LogP contribution in [0.2, 0.25) is 0 Å². The Hall–Kier alpha value is -3.52. The predicted octanol–water partition coefficient (Wildman–Crippen LogP) is 5.81. The molecule has 0 radical (unpaired) electrons. The summed E-state index contributed by atoms with van der Waals surface area (Å²) in [6.45, 7) is 2.03. The molecule has 5 heteroatoms. The number of benzene rings is 3. The maximum atomic E-state index is 12.6. The van der Waals surface area contributed by atoms with Gasteiger partial charge in [-0.2, -0.15) is 13.2 Å². The zero-order chi connectivity index (χ0) is 20.9. The second kappa shape index (κ2) is 8.66. The molecular formula is C24H17F3O2. The average Bonchev–Trinajstić information content (AvgIpc) is 2.71. The fourth-order valence-electron chi connectivity index (χ4n) is 2.57. The van der Waals surface area contributed by atoms with Crippen LogP contribution in [0.25, 0.3) is 0 Å². The maximum absolute atomic E-state index is 12.6. The number of hydrogen-bond donors (Lipinski definition) is 0. The highest BCUT2D eigenvalue weighted by atomic mass is 19.4. The van der Waals surface area contributed by atoms with Gasteiger partial charge in [-0.05, 0) is 55.0 Å². The Morgan fingerprint density at radius 1 is 0.897 bits per heavy atom. The summed E-state index contributed by atoms with van der Waals surface area (Å²) in [6.07, 6.45) is -3.71. The highest BCUT2D eigenvalue weighted by Gasteiger charge is 2.29. The summed E-state index contributed by atoms with van der Waals surface area (Å²) in [5.74, 6) is 6.40. The van der Waals surface area contributed by atoms with E-state index in [-0.39, 0.29) is 6.61 Å². The third-order valence-corrected chi connectivity index (χ3v) is 4.22. The molecule has 0 heterocycles. The lowest BCUT2D eigenvalue weighted by atomic mass is 10.1. The molecule has 0 N–H and O–H groups in total. The number of alkyl halides is 3. The van der Waals surface area contributed by atoms with Crippen LogP contribution in [0.15, 0.2) is 66.7 Å². The van der Waals surface area contributed by atoms with Gasteiger partial charge >= 0.3 is 6.18 Å². The summed E-state index contributed by atoms with van der Waals surface area (Å²) in [7, 11) is 0. The minimum absolute atomic E-state index is 0.0355. The van der Waals surface area contributed by atoms with Gasteiger partial charge in [-0.3, -0.25) is 4.79 Å². The van der Waals surface area contributed by atoms with Crippen molar-refractivity contribution in [1.29, 1.82) is 0 Å². The summed E-state index contributed by atoms with van der Waals surface area (Å²) < 4.78 is 43.6. The molecule has 3 rings (SSSR count). The molecule has 146 valence electrons. The standard InChI is InChI=1S/C24H17F3O2/c1-17-2-4-18(5-3-17)6-7-19-8-11-21(15-28)23(14-19)29-16-20-9-12-22(13-10-20)24(25,26)27/h2-5,8-15H,16H2,1H3. The molecule has 0 aliphatic heterocycles. The minimum atomic E-state index is -4.38. The smallest absolute Gasteiger partial charge is 0.416 e. The first kappa shape index (κ1) is 20.2.